The molecule has 64 heavy (non-hydrogen) atoms. The Kier molecular flexibility index (Phi) is 7.42. The van der Waals surface area contributed by atoms with Gasteiger partial charge in [-0.2, -0.15) is 0 Å². The molecule has 1 aliphatic carbocycles. The number of hydrogen-bond acceptors (Lipinski definition) is 5. The number of para-hydroxylation sites is 2. The Bertz CT molecular complexity index is 3950. The zero-order chi connectivity index (χ0) is 41.9. The lowest BCUT2D eigenvalue weighted by atomic mass is 9.91. The van der Waals surface area contributed by atoms with E-state index in [1.54, 1.807) is 0 Å². The zero-order valence-corrected chi connectivity index (χ0v) is 34.3. The highest BCUT2D eigenvalue weighted by molar-refractivity contribution is 6.15. The van der Waals surface area contributed by atoms with Gasteiger partial charge in [-0.15, -0.1) is 0 Å². The van der Waals surface area contributed by atoms with Gasteiger partial charge in [0.2, 0.25) is 0 Å². The standard InChI is InChI=1S/C58H35N3O3/c1-3-12-34(13-4-1)35-24-29-51-46(32-35)56-57(64-51)55(38-22-26-42-41-17-8-10-20-49(41)63-53(42)33-38)59-58(60-56)43-18-11-21-52-54(43)45-31-37(25-28-50(45)62-52)36-23-27-48-44(30-36)40-16-7-9-19-47(40)61(48)39-14-5-2-6-15-39/h1-33,41,49H. The van der Waals surface area contributed by atoms with Crippen molar-refractivity contribution in [3.8, 4) is 56.3 Å². The fourth-order valence-corrected chi connectivity index (χ4v) is 10.2. The number of rotatable bonds is 5. The average molecular weight is 822 g/mol. The molecule has 2 atom stereocenters. The number of ether oxygens (including phenoxy) is 1. The predicted molar refractivity (Wildman–Crippen MR) is 258 cm³/mol. The van der Waals surface area contributed by atoms with E-state index in [2.05, 4.69) is 181 Å². The van der Waals surface area contributed by atoms with Crippen molar-refractivity contribution in [1.29, 1.82) is 0 Å². The molecule has 0 saturated carbocycles. The summed E-state index contributed by atoms with van der Waals surface area (Å²) in [6.07, 6.45) is 8.47. The summed E-state index contributed by atoms with van der Waals surface area (Å²) in [5.74, 6) is 1.63. The van der Waals surface area contributed by atoms with Crippen LogP contribution < -0.4 is 4.74 Å². The van der Waals surface area contributed by atoms with Crippen molar-refractivity contribution >= 4 is 65.8 Å². The van der Waals surface area contributed by atoms with Crippen molar-refractivity contribution in [3.05, 3.63) is 206 Å². The van der Waals surface area contributed by atoms with Crippen molar-refractivity contribution in [2.24, 2.45) is 0 Å². The summed E-state index contributed by atoms with van der Waals surface area (Å²) in [7, 11) is 0. The Morgan fingerprint density at radius 2 is 1.17 bits per heavy atom. The maximum absolute atomic E-state index is 6.72. The number of allylic oxidation sites excluding steroid dienone is 2. The first-order valence-electron chi connectivity index (χ1n) is 21.7. The highest BCUT2D eigenvalue weighted by Crippen LogP contribution is 2.46. The van der Waals surface area contributed by atoms with Gasteiger partial charge in [-0.25, -0.2) is 9.97 Å². The molecule has 0 fully saturated rings. The quantitative estimate of drug-likeness (QED) is 0.173. The van der Waals surface area contributed by atoms with E-state index in [-0.39, 0.29) is 12.0 Å². The summed E-state index contributed by atoms with van der Waals surface area (Å²) in [4.78, 5) is 10.8. The van der Waals surface area contributed by atoms with E-state index < -0.39 is 0 Å². The minimum absolute atomic E-state index is 0.0210. The Morgan fingerprint density at radius 1 is 0.469 bits per heavy atom. The summed E-state index contributed by atoms with van der Waals surface area (Å²) >= 11 is 0. The third kappa shape index (κ3) is 5.26. The van der Waals surface area contributed by atoms with Crippen LogP contribution >= 0.6 is 0 Å². The summed E-state index contributed by atoms with van der Waals surface area (Å²) < 4.78 is 22.2. The summed E-state index contributed by atoms with van der Waals surface area (Å²) in [6, 6.07) is 61.8. The first-order chi connectivity index (χ1) is 31.7. The molecule has 0 amide bonds. The average Bonchev–Trinajstić information content (AvgIpc) is 4.12. The molecule has 5 heterocycles. The molecule has 2 unspecified atom stereocenters. The minimum Gasteiger partial charge on any atom is -0.485 e. The number of furan rings is 2. The molecule has 2 aliphatic rings. The molecule has 14 rings (SSSR count). The lowest BCUT2D eigenvalue weighted by molar-refractivity contribution is 0.269. The van der Waals surface area contributed by atoms with E-state index in [4.69, 9.17) is 23.5 Å². The molecule has 6 nitrogen and oxygen atoms in total. The smallest absolute Gasteiger partial charge is 0.180 e. The van der Waals surface area contributed by atoms with Crippen LogP contribution in [0.25, 0.3) is 116 Å². The molecule has 0 bridgehead atoms. The van der Waals surface area contributed by atoms with Crippen LogP contribution in [-0.2, 0) is 0 Å². The van der Waals surface area contributed by atoms with Gasteiger partial charge in [-0.3, -0.25) is 0 Å². The van der Waals surface area contributed by atoms with Gasteiger partial charge in [0, 0.05) is 55.2 Å². The number of nitrogens with zero attached hydrogens (tertiary/aromatic N) is 3. The Morgan fingerprint density at radius 3 is 2.05 bits per heavy atom. The summed E-state index contributed by atoms with van der Waals surface area (Å²) in [5.41, 5.74) is 15.3. The Labute approximate surface area is 366 Å². The van der Waals surface area contributed by atoms with Crippen molar-refractivity contribution < 1.29 is 13.6 Å². The lowest BCUT2D eigenvalue weighted by Gasteiger charge is -2.13. The van der Waals surface area contributed by atoms with Gasteiger partial charge < -0.3 is 18.1 Å². The fraction of sp³-hybridized carbons (Fsp3) is 0.0345. The van der Waals surface area contributed by atoms with Gasteiger partial charge in [0.1, 0.15) is 39.8 Å². The first kappa shape index (κ1) is 35.2. The van der Waals surface area contributed by atoms with Crippen molar-refractivity contribution in [1.82, 2.24) is 14.5 Å². The van der Waals surface area contributed by atoms with Crippen molar-refractivity contribution in [2.75, 3.05) is 0 Å². The highest BCUT2D eigenvalue weighted by Gasteiger charge is 2.33. The largest absolute Gasteiger partial charge is 0.485 e. The normalized spacial score (nSPS) is 15.5. The molecule has 0 radical (unpaired) electrons. The number of benzene rings is 8. The van der Waals surface area contributed by atoms with Crippen LogP contribution in [-0.4, -0.2) is 20.6 Å². The van der Waals surface area contributed by atoms with Crippen LogP contribution in [0.15, 0.2) is 209 Å². The maximum atomic E-state index is 6.72. The molecule has 0 spiro atoms. The molecule has 8 aromatic carbocycles. The van der Waals surface area contributed by atoms with E-state index in [9.17, 15) is 0 Å². The molecule has 1 aliphatic heterocycles. The van der Waals surface area contributed by atoms with Crippen molar-refractivity contribution in [2.45, 2.75) is 12.0 Å². The number of aromatic nitrogens is 3. The third-order valence-electron chi connectivity index (χ3n) is 13.2. The van der Waals surface area contributed by atoms with E-state index in [1.807, 2.05) is 24.3 Å². The van der Waals surface area contributed by atoms with Crippen LogP contribution in [0.4, 0.5) is 0 Å². The van der Waals surface area contributed by atoms with Gasteiger partial charge in [0.05, 0.1) is 11.0 Å². The van der Waals surface area contributed by atoms with Crippen LogP contribution in [0.5, 0.6) is 5.75 Å². The SMILES string of the molecule is C1=CC2Oc3cc(-c4nc(-c5cccc6oc7ccc(-c8ccc9c(c8)c8ccccc8n9-c8ccccc8)cc7c56)nc5c4oc4ccc(-c6ccccc6)cc45)ccc3C2C=C1. The van der Waals surface area contributed by atoms with Gasteiger partial charge in [-0.05, 0) is 95.1 Å². The molecular weight excluding hydrogens is 787 g/mol. The van der Waals surface area contributed by atoms with E-state index in [0.29, 0.717) is 17.1 Å². The second-order valence-electron chi connectivity index (χ2n) is 16.8. The molecule has 300 valence electrons. The molecule has 12 aromatic rings. The van der Waals surface area contributed by atoms with Crippen LogP contribution in [0.3, 0.4) is 0 Å². The van der Waals surface area contributed by atoms with E-state index in [1.165, 1.54) is 27.4 Å². The molecule has 0 saturated heterocycles. The third-order valence-corrected chi connectivity index (χ3v) is 13.2. The highest BCUT2D eigenvalue weighted by atomic mass is 16.5. The van der Waals surface area contributed by atoms with E-state index >= 15 is 0 Å². The maximum Gasteiger partial charge on any atom is 0.180 e. The summed E-state index contributed by atoms with van der Waals surface area (Å²) in [5, 5.41) is 5.31. The van der Waals surface area contributed by atoms with Crippen molar-refractivity contribution in [3.63, 3.8) is 0 Å². The number of fused-ring (bicyclic) bond motifs is 12. The van der Waals surface area contributed by atoms with Crippen LogP contribution in [0, 0.1) is 0 Å². The van der Waals surface area contributed by atoms with Gasteiger partial charge in [-0.1, -0.05) is 127 Å². The lowest BCUT2D eigenvalue weighted by Crippen LogP contribution is -2.15. The Balaban J connectivity index is 0.966. The van der Waals surface area contributed by atoms with Gasteiger partial charge in [0.25, 0.3) is 0 Å². The van der Waals surface area contributed by atoms with Gasteiger partial charge in [0.15, 0.2) is 11.4 Å². The fourth-order valence-electron chi connectivity index (χ4n) is 10.2. The zero-order valence-electron chi connectivity index (χ0n) is 34.3. The molecule has 4 aromatic heterocycles. The second kappa shape index (κ2) is 13.5. The summed E-state index contributed by atoms with van der Waals surface area (Å²) in [6.45, 7) is 0. The Hall–Kier alpha value is -8.48. The van der Waals surface area contributed by atoms with Crippen LogP contribution in [0.1, 0.15) is 11.5 Å². The van der Waals surface area contributed by atoms with Crippen LogP contribution in [0.2, 0.25) is 0 Å². The topological polar surface area (TPSA) is 66.2 Å². The molecule has 0 N–H and O–H groups in total. The first-order valence-corrected chi connectivity index (χ1v) is 21.7. The van der Waals surface area contributed by atoms with E-state index in [0.717, 1.165) is 83.2 Å². The second-order valence-corrected chi connectivity index (χ2v) is 16.8. The minimum atomic E-state index is -0.0210. The molecule has 6 heteroatoms. The monoisotopic (exact) mass is 821 g/mol. The molecular formula is C58H35N3O3. The van der Waals surface area contributed by atoms with Gasteiger partial charge >= 0.3 is 0 Å². The predicted octanol–water partition coefficient (Wildman–Crippen LogP) is 15.0. The number of hydrogen-bond donors (Lipinski definition) is 0.